The molecule has 18 heavy (non-hydrogen) atoms. The number of nitrogens with one attached hydrogen (secondary N) is 2. The predicted molar refractivity (Wildman–Crippen MR) is 75.5 cm³/mol. The van der Waals surface area contributed by atoms with E-state index in [1.165, 1.54) is 0 Å². The SMILES string of the molecule is CCC(CC)NC(=O)C(C)NCC(C)(C)CCO. The van der Waals surface area contributed by atoms with Crippen LogP contribution in [0.1, 0.15) is 53.9 Å². The Morgan fingerprint density at radius 2 is 1.83 bits per heavy atom. The number of amides is 1. The van der Waals surface area contributed by atoms with Crippen LogP contribution in [0.2, 0.25) is 0 Å². The lowest BCUT2D eigenvalue weighted by molar-refractivity contribution is -0.123. The Morgan fingerprint density at radius 1 is 1.28 bits per heavy atom. The van der Waals surface area contributed by atoms with Crippen molar-refractivity contribution in [3.8, 4) is 0 Å². The molecule has 0 aliphatic heterocycles. The van der Waals surface area contributed by atoms with Crippen molar-refractivity contribution in [1.82, 2.24) is 10.6 Å². The van der Waals surface area contributed by atoms with E-state index in [-0.39, 0.29) is 30.0 Å². The van der Waals surface area contributed by atoms with E-state index in [1.807, 2.05) is 6.92 Å². The Labute approximate surface area is 112 Å². The molecule has 1 atom stereocenters. The summed E-state index contributed by atoms with van der Waals surface area (Å²) in [6.45, 7) is 11.1. The van der Waals surface area contributed by atoms with E-state index < -0.39 is 0 Å². The fourth-order valence-electron chi connectivity index (χ4n) is 1.73. The third-order valence-corrected chi connectivity index (χ3v) is 3.40. The maximum atomic E-state index is 11.9. The van der Waals surface area contributed by atoms with Crippen molar-refractivity contribution >= 4 is 5.91 Å². The molecule has 4 nitrogen and oxygen atoms in total. The molecule has 4 heteroatoms. The number of aliphatic hydroxyl groups excluding tert-OH is 1. The highest BCUT2D eigenvalue weighted by molar-refractivity contribution is 5.81. The van der Waals surface area contributed by atoms with Crippen LogP contribution in [0.3, 0.4) is 0 Å². The monoisotopic (exact) mass is 258 g/mol. The largest absolute Gasteiger partial charge is 0.396 e. The molecule has 0 aromatic carbocycles. The van der Waals surface area contributed by atoms with Crippen molar-refractivity contribution in [2.45, 2.75) is 66.0 Å². The number of carbonyl (C=O) groups excluding carboxylic acids is 1. The number of carbonyl (C=O) groups is 1. The zero-order valence-electron chi connectivity index (χ0n) is 12.5. The van der Waals surface area contributed by atoms with Gasteiger partial charge in [-0.05, 0) is 31.6 Å². The zero-order valence-corrected chi connectivity index (χ0v) is 12.5. The highest BCUT2D eigenvalue weighted by atomic mass is 16.3. The molecule has 0 saturated heterocycles. The summed E-state index contributed by atoms with van der Waals surface area (Å²) in [5, 5.41) is 15.2. The summed E-state index contributed by atoms with van der Waals surface area (Å²) in [6.07, 6.45) is 2.66. The number of hydrogen-bond donors (Lipinski definition) is 3. The topological polar surface area (TPSA) is 61.4 Å². The smallest absolute Gasteiger partial charge is 0.237 e. The summed E-state index contributed by atoms with van der Waals surface area (Å²) >= 11 is 0. The molecular formula is C14H30N2O2. The first-order valence-electron chi connectivity index (χ1n) is 7.01. The summed E-state index contributed by atoms with van der Waals surface area (Å²) in [4.78, 5) is 11.9. The first-order chi connectivity index (χ1) is 8.36. The molecule has 0 spiro atoms. The Bertz CT molecular complexity index is 238. The van der Waals surface area contributed by atoms with Crippen LogP contribution in [0.4, 0.5) is 0 Å². The van der Waals surface area contributed by atoms with Crippen LogP contribution in [0, 0.1) is 5.41 Å². The molecule has 3 N–H and O–H groups in total. The maximum absolute atomic E-state index is 11.9. The number of hydrogen-bond acceptors (Lipinski definition) is 3. The van der Waals surface area contributed by atoms with Crippen LogP contribution in [-0.4, -0.2) is 36.2 Å². The minimum Gasteiger partial charge on any atom is -0.396 e. The Hall–Kier alpha value is -0.610. The lowest BCUT2D eigenvalue weighted by Gasteiger charge is -2.27. The van der Waals surface area contributed by atoms with E-state index in [2.05, 4.69) is 38.3 Å². The van der Waals surface area contributed by atoms with Crippen LogP contribution >= 0.6 is 0 Å². The van der Waals surface area contributed by atoms with Gasteiger partial charge in [-0.25, -0.2) is 0 Å². The summed E-state index contributed by atoms with van der Waals surface area (Å²) in [5.74, 6) is 0.0588. The Morgan fingerprint density at radius 3 is 2.28 bits per heavy atom. The first-order valence-corrected chi connectivity index (χ1v) is 7.01. The quantitative estimate of drug-likeness (QED) is 0.589. The summed E-state index contributed by atoms with van der Waals surface area (Å²) in [7, 11) is 0. The van der Waals surface area contributed by atoms with Crippen LogP contribution in [-0.2, 0) is 4.79 Å². The second-order valence-corrected chi connectivity index (χ2v) is 5.76. The third-order valence-electron chi connectivity index (χ3n) is 3.40. The summed E-state index contributed by atoms with van der Waals surface area (Å²) in [6, 6.07) is 0.0794. The number of aliphatic hydroxyl groups is 1. The zero-order chi connectivity index (χ0) is 14.2. The van der Waals surface area contributed by atoms with Gasteiger partial charge in [0.25, 0.3) is 0 Å². The van der Waals surface area contributed by atoms with Gasteiger partial charge in [-0.3, -0.25) is 4.79 Å². The van der Waals surface area contributed by atoms with Crippen molar-refractivity contribution in [2.75, 3.05) is 13.2 Å². The van der Waals surface area contributed by atoms with Gasteiger partial charge in [0, 0.05) is 19.2 Å². The predicted octanol–water partition coefficient (Wildman–Crippen LogP) is 1.68. The van der Waals surface area contributed by atoms with Crippen LogP contribution in [0.5, 0.6) is 0 Å². The molecule has 0 radical (unpaired) electrons. The molecule has 0 fully saturated rings. The molecule has 0 aromatic rings. The molecule has 0 heterocycles. The highest BCUT2D eigenvalue weighted by Gasteiger charge is 2.21. The molecule has 0 aliphatic carbocycles. The molecule has 0 aromatic heterocycles. The number of rotatable bonds is 9. The normalized spacial score (nSPS) is 13.7. The van der Waals surface area contributed by atoms with E-state index in [9.17, 15) is 4.79 Å². The lowest BCUT2D eigenvalue weighted by atomic mass is 9.89. The van der Waals surface area contributed by atoms with E-state index in [1.54, 1.807) is 0 Å². The second kappa shape index (κ2) is 8.48. The van der Waals surface area contributed by atoms with Crippen molar-refractivity contribution in [1.29, 1.82) is 0 Å². The van der Waals surface area contributed by atoms with Gasteiger partial charge in [-0.15, -0.1) is 0 Å². The van der Waals surface area contributed by atoms with Gasteiger partial charge >= 0.3 is 0 Å². The van der Waals surface area contributed by atoms with Gasteiger partial charge < -0.3 is 15.7 Å². The minimum absolute atomic E-state index is 0.0121. The van der Waals surface area contributed by atoms with Gasteiger partial charge in [0.1, 0.15) is 0 Å². The van der Waals surface area contributed by atoms with Gasteiger partial charge in [0.15, 0.2) is 0 Å². The fourth-order valence-corrected chi connectivity index (χ4v) is 1.73. The average molecular weight is 258 g/mol. The Kier molecular flexibility index (Phi) is 8.20. The minimum atomic E-state index is -0.191. The van der Waals surface area contributed by atoms with Crippen molar-refractivity contribution in [3.63, 3.8) is 0 Å². The molecule has 108 valence electrons. The lowest BCUT2D eigenvalue weighted by Crippen LogP contribution is -2.48. The van der Waals surface area contributed by atoms with E-state index in [4.69, 9.17) is 5.11 Å². The second-order valence-electron chi connectivity index (χ2n) is 5.76. The molecular weight excluding hydrogens is 228 g/mol. The first kappa shape index (κ1) is 17.4. The third kappa shape index (κ3) is 6.97. The Balaban J connectivity index is 4.08. The van der Waals surface area contributed by atoms with Gasteiger partial charge in [-0.2, -0.15) is 0 Å². The standard InChI is InChI=1S/C14H30N2O2/c1-6-12(7-2)16-13(18)11(3)15-10-14(4,5)8-9-17/h11-12,15,17H,6-10H2,1-5H3,(H,16,18). The van der Waals surface area contributed by atoms with Gasteiger partial charge in [0.2, 0.25) is 5.91 Å². The summed E-state index contributed by atoms with van der Waals surface area (Å²) < 4.78 is 0. The summed E-state index contributed by atoms with van der Waals surface area (Å²) in [5.41, 5.74) is 0.0121. The van der Waals surface area contributed by atoms with Gasteiger partial charge in [0.05, 0.1) is 6.04 Å². The van der Waals surface area contributed by atoms with Crippen LogP contribution < -0.4 is 10.6 Å². The van der Waals surface area contributed by atoms with E-state index in [0.717, 1.165) is 25.8 Å². The van der Waals surface area contributed by atoms with E-state index in [0.29, 0.717) is 0 Å². The molecule has 0 aliphatic rings. The van der Waals surface area contributed by atoms with Crippen molar-refractivity contribution in [3.05, 3.63) is 0 Å². The van der Waals surface area contributed by atoms with Gasteiger partial charge in [-0.1, -0.05) is 27.7 Å². The van der Waals surface area contributed by atoms with Crippen molar-refractivity contribution in [2.24, 2.45) is 5.41 Å². The van der Waals surface area contributed by atoms with Crippen molar-refractivity contribution < 1.29 is 9.90 Å². The molecule has 0 bridgehead atoms. The molecule has 0 saturated carbocycles. The van der Waals surface area contributed by atoms with E-state index >= 15 is 0 Å². The molecule has 1 amide bonds. The fraction of sp³-hybridized carbons (Fsp3) is 0.929. The highest BCUT2D eigenvalue weighted by Crippen LogP contribution is 2.18. The van der Waals surface area contributed by atoms with Crippen LogP contribution in [0.15, 0.2) is 0 Å². The van der Waals surface area contributed by atoms with Crippen LogP contribution in [0.25, 0.3) is 0 Å². The maximum Gasteiger partial charge on any atom is 0.237 e. The molecule has 0 rings (SSSR count). The average Bonchev–Trinajstić information content (AvgIpc) is 2.32. The molecule has 1 unspecified atom stereocenters.